The molecular formula is C16H21N3O2S2. The van der Waals surface area contributed by atoms with Crippen molar-refractivity contribution in [1.29, 1.82) is 0 Å². The lowest BCUT2D eigenvalue weighted by Gasteiger charge is -2.21. The third-order valence-corrected chi connectivity index (χ3v) is 5.40. The average molecular weight is 351 g/mol. The lowest BCUT2D eigenvalue weighted by molar-refractivity contribution is -0.131. The monoisotopic (exact) mass is 351 g/mol. The maximum atomic E-state index is 12.5. The molecule has 0 unspecified atom stereocenters. The van der Waals surface area contributed by atoms with Crippen molar-refractivity contribution in [2.45, 2.75) is 39.3 Å². The summed E-state index contributed by atoms with van der Waals surface area (Å²) in [6, 6.07) is 3.58. The van der Waals surface area contributed by atoms with Crippen molar-refractivity contribution in [3.8, 4) is 0 Å². The zero-order valence-electron chi connectivity index (χ0n) is 13.5. The van der Waals surface area contributed by atoms with E-state index in [0.717, 1.165) is 22.0 Å². The van der Waals surface area contributed by atoms with Gasteiger partial charge in [-0.2, -0.15) is 0 Å². The summed E-state index contributed by atoms with van der Waals surface area (Å²) in [5.74, 6) is -0.144. The Hall–Kier alpha value is -1.73. The number of carbonyl (C=O) groups is 2. The lowest BCUT2D eigenvalue weighted by atomic mass is 10.1. The number of thiophene rings is 1. The minimum atomic E-state index is -0.274. The number of rotatable bonds is 7. The predicted octanol–water partition coefficient (Wildman–Crippen LogP) is 2.99. The molecule has 1 N–H and O–H groups in total. The first kappa shape index (κ1) is 17.6. The van der Waals surface area contributed by atoms with Gasteiger partial charge in [0, 0.05) is 24.2 Å². The van der Waals surface area contributed by atoms with Gasteiger partial charge in [-0.25, -0.2) is 4.98 Å². The van der Waals surface area contributed by atoms with Crippen LogP contribution in [0.25, 0.3) is 0 Å². The summed E-state index contributed by atoms with van der Waals surface area (Å²) in [4.78, 5) is 31.0. The molecule has 0 spiro atoms. The third-order valence-electron chi connectivity index (χ3n) is 3.37. The van der Waals surface area contributed by atoms with E-state index in [4.69, 9.17) is 0 Å². The summed E-state index contributed by atoms with van der Waals surface area (Å²) in [5, 5.41) is 7.87. The topological polar surface area (TPSA) is 62.3 Å². The highest BCUT2D eigenvalue weighted by molar-refractivity contribution is 7.10. The van der Waals surface area contributed by atoms with Crippen LogP contribution in [-0.2, 0) is 22.6 Å². The van der Waals surface area contributed by atoms with Gasteiger partial charge in [0.25, 0.3) is 0 Å². The van der Waals surface area contributed by atoms with Crippen LogP contribution in [0.4, 0.5) is 0 Å². The van der Waals surface area contributed by atoms with E-state index < -0.39 is 0 Å². The molecule has 2 aromatic heterocycles. The van der Waals surface area contributed by atoms with Crippen LogP contribution in [0.15, 0.2) is 22.9 Å². The molecule has 0 aliphatic rings. The maximum absolute atomic E-state index is 12.5. The van der Waals surface area contributed by atoms with Gasteiger partial charge in [-0.1, -0.05) is 13.0 Å². The Bertz CT molecular complexity index is 652. The van der Waals surface area contributed by atoms with Gasteiger partial charge in [-0.05, 0) is 17.9 Å². The number of hydrogen-bond donors (Lipinski definition) is 1. The Morgan fingerprint density at radius 3 is 2.74 bits per heavy atom. The zero-order valence-corrected chi connectivity index (χ0v) is 15.2. The molecule has 2 rings (SSSR count). The Morgan fingerprint density at radius 2 is 2.17 bits per heavy atom. The normalized spacial score (nSPS) is 12.0. The summed E-state index contributed by atoms with van der Waals surface area (Å²) in [6.07, 6.45) is 1.16. The number of aromatic nitrogens is 1. The second-order valence-electron chi connectivity index (χ2n) is 5.31. The van der Waals surface area contributed by atoms with Crippen LogP contribution in [-0.4, -0.2) is 28.7 Å². The maximum Gasteiger partial charge on any atom is 0.225 e. The van der Waals surface area contributed by atoms with Gasteiger partial charge in [0.05, 0.1) is 29.7 Å². The third kappa shape index (κ3) is 5.14. The summed E-state index contributed by atoms with van der Waals surface area (Å²) < 4.78 is 0. The Morgan fingerprint density at radius 1 is 1.39 bits per heavy atom. The van der Waals surface area contributed by atoms with E-state index in [9.17, 15) is 9.59 Å². The Balaban J connectivity index is 1.98. The number of hydrogen-bond acceptors (Lipinski definition) is 5. The fourth-order valence-electron chi connectivity index (χ4n) is 2.20. The van der Waals surface area contributed by atoms with E-state index in [1.165, 1.54) is 6.92 Å². The molecule has 1 atom stereocenters. The second-order valence-corrected chi connectivity index (χ2v) is 7.23. The summed E-state index contributed by atoms with van der Waals surface area (Å²) in [7, 11) is 1.77. The van der Waals surface area contributed by atoms with E-state index in [1.54, 1.807) is 34.6 Å². The predicted molar refractivity (Wildman–Crippen MR) is 93.5 cm³/mol. The van der Waals surface area contributed by atoms with Gasteiger partial charge in [-0.3, -0.25) is 9.59 Å². The number of amides is 2. The fourth-order valence-corrected chi connectivity index (χ4v) is 3.72. The minimum Gasteiger partial charge on any atom is -0.348 e. The molecule has 23 heavy (non-hydrogen) atoms. The van der Waals surface area contributed by atoms with Crippen molar-refractivity contribution in [3.05, 3.63) is 38.5 Å². The first-order chi connectivity index (χ1) is 11.0. The van der Waals surface area contributed by atoms with Crippen molar-refractivity contribution >= 4 is 34.5 Å². The van der Waals surface area contributed by atoms with Crippen LogP contribution < -0.4 is 5.32 Å². The van der Waals surface area contributed by atoms with Crippen molar-refractivity contribution in [1.82, 2.24) is 15.2 Å². The molecule has 0 aromatic carbocycles. The molecule has 0 fully saturated rings. The largest absolute Gasteiger partial charge is 0.348 e. The smallest absolute Gasteiger partial charge is 0.225 e. The molecule has 124 valence electrons. The van der Waals surface area contributed by atoms with Crippen molar-refractivity contribution < 1.29 is 9.59 Å². The average Bonchev–Trinajstić information content (AvgIpc) is 3.17. The molecule has 2 aromatic rings. The van der Waals surface area contributed by atoms with Crippen LogP contribution in [0.1, 0.15) is 41.9 Å². The molecular weight excluding hydrogens is 330 g/mol. The first-order valence-electron chi connectivity index (χ1n) is 7.47. The molecule has 0 saturated heterocycles. The number of nitrogens with one attached hydrogen (secondary N) is 1. The van der Waals surface area contributed by atoms with Crippen LogP contribution in [0.3, 0.4) is 0 Å². The van der Waals surface area contributed by atoms with Gasteiger partial charge >= 0.3 is 0 Å². The van der Waals surface area contributed by atoms with Crippen LogP contribution >= 0.6 is 22.7 Å². The van der Waals surface area contributed by atoms with Crippen molar-refractivity contribution in [2.24, 2.45) is 0 Å². The summed E-state index contributed by atoms with van der Waals surface area (Å²) >= 11 is 3.16. The Labute approximate surface area is 144 Å². The zero-order chi connectivity index (χ0) is 16.8. The van der Waals surface area contributed by atoms with E-state index in [-0.39, 0.29) is 24.3 Å². The molecule has 0 aliphatic carbocycles. The summed E-state index contributed by atoms with van der Waals surface area (Å²) in [6.45, 7) is 4.03. The molecule has 0 saturated carbocycles. The molecule has 5 nitrogen and oxygen atoms in total. The standard InChI is InChI=1S/C16H21N3O2S2/c1-4-15-18-12(10-23-15)9-19(3)16(21)8-13(17-11(2)20)14-6-5-7-22-14/h5-7,10,13H,4,8-9H2,1-3H3,(H,17,20)/t13-/m0/s1. The highest BCUT2D eigenvalue weighted by Gasteiger charge is 2.20. The number of thiazole rings is 1. The SMILES string of the molecule is CCc1nc(CN(C)C(=O)C[C@H](NC(C)=O)c2cccs2)cs1. The van der Waals surface area contributed by atoms with E-state index >= 15 is 0 Å². The number of aryl methyl sites for hydroxylation is 1. The molecule has 2 heterocycles. The number of nitrogens with zero attached hydrogens (tertiary/aromatic N) is 2. The lowest BCUT2D eigenvalue weighted by Crippen LogP contribution is -2.33. The minimum absolute atomic E-state index is 0.0109. The van der Waals surface area contributed by atoms with Crippen molar-refractivity contribution in [2.75, 3.05) is 7.05 Å². The fraction of sp³-hybridized carbons (Fsp3) is 0.438. The quantitative estimate of drug-likeness (QED) is 0.834. The van der Waals surface area contributed by atoms with Gasteiger partial charge in [0.15, 0.2) is 0 Å². The highest BCUT2D eigenvalue weighted by atomic mass is 32.1. The van der Waals surface area contributed by atoms with Gasteiger partial charge < -0.3 is 10.2 Å². The van der Waals surface area contributed by atoms with Crippen molar-refractivity contribution in [3.63, 3.8) is 0 Å². The highest BCUT2D eigenvalue weighted by Crippen LogP contribution is 2.23. The van der Waals surface area contributed by atoms with Gasteiger partial charge in [0.1, 0.15) is 0 Å². The second kappa shape index (κ2) is 8.21. The van der Waals surface area contributed by atoms with Gasteiger partial charge in [-0.15, -0.1) is 22.7 Å². The molecule has 7 heteroatoms. The Kier molecular flexibility index (Phi) is 6.29. The van der Waals surface area contributed by atoms with Crippen LogP contribution in [0.2, 0.25) is 0 Å². The molecule has 0 bridgehead atoms. The van der Waals surface area contributed by atoms with E-state index in [0.29, 0.717) is 6.54 Å². The molecule has 0 aliphatic heterocycles. The van der Waals surface area contributed by atoms with E-state index in [1.807, 2.05) is 22.9 Å². The number of carbonyl (C=O) groups excluding carboxylic acids is 2. The summed E-state index contributed by atoms with van der Waals surface area (Å²) in [5.41, 5.74) is 0.912. The molecule has 2 amide bonds. The van der Waals surface area contributed by atoms with Crippen LogP contribution in [0.5, 0.6) is 0 Å². The van der Waals surface area contributed by atoms with Gasteiger partial charge in [0.2, 0.25) is 11.8 Å². The first-order valence-corrected chi connectivity index (χ1v) is 9.23. The van der Waals surface area contributed by atoms with E-state index in [2.05, 4.69) is 17.2 Å². The molecule has 0 radical (unpaired) electrons. The van der Waals surface area contributed by atoms with Crippen LogP contribution in [0, 0.1) is 0 Å².